The number of hydrogen-bond acceptors (Lipinski definition) is 0. The third kappa shape index (κ3) is 1.82. The summed E-state index contributed by atoms with van der Waals surface area (Å²) in [6, 6.07) is 15.1. The van der Waals surface area contributed by atoms with Gasteiger partial charge in [-0.25, -0.2) is 0 Å². The molecule has 2 heteroatoms. The molecule has 0 saturated carbocycles. The van der Waals surface area contributed by atoms with E-state index in [9.17, 15) is 0 Å². The number of hydrogen-bond donors (Lipinski definition) is 1. The van der Waals surface area contributed by atoms with Crippen LogP contribution in [-0.4, -0.2) is 13.4 Å². The van der Waals surface area contributed by atoms with Gasteiger partial charge in [-0.3, -0.25) is 0 Å². The van der Waals surface area contributed by atoms with Gasteiger partial charge in [-0.2, -0.15) is 0 Å². The van der Waals surface area contributed by atoms with Gasteiger partial charge in [0.05, 0.1) is 5.52 Å². The van der Waals surface area contributed by atoms with Gasteiger partial charge in [0, 0.05) is 24.7 Å². The summed E-state index contributed by atoms with van der Waals surface area (Å²) in [7, 11) is 0. The van der Waals surface area contributed by atoms with Gasteiger partial charge >= 0.3 is 0 Å². The van der Waals surface area contributed by atoms with E-state index in [2.05, 4.69) is 68.2 Å². The summed E-state index contributed by atoms with van der Waals surface area (Å²) >= 11 is 0. The number of fused-ring (bicyclic) bond motifs is 3. The second kappa shape index (κ2) is 4.20. The molecule has 0 saturated heterocycles. The van der Waals surface area contributed by atoms with Crippen LogP contribution in [0, 0.1) is 0 Å². The highest BCUT2D eigenvalue weighted by atomic mass is 14.7. The number of rotatable bonds is 0. The molecule has 1 heterocycles. The average Bonchev–Trinajstić information content (AvgIpc) is 2.65. The first-order chi connectivity index (χ1) is 8.07. The van der Waals surface area contributed by atoms with Crippen molar-refractivity contribution in [2.75, 3.05) is 0 Å². The Morgan fingerprint density at radius 3 is 2.22 bits per heavy atom. The van der Waals surface area contributed by atoms with E-state index in [1.54, 1.807) is 0 Å². The van der Waals surface area contributed by atoms with Crippen LogP contribution in [0.4, 0.5) is 0 Å². The SMILES string of the molecule is CC(C)(C)c1cccc2c1[nH]c1ccccc12.[B]. The molecule has 0 spiro atoms. The molecule has 0 aliphatic rings. The molecular weight excluding hydrogens is 217 g/mol. The van der Waals surface area contributed by atoms with Crippen molar-refractivity contribution in [2.45, 2.75) is 26.2 Å². The van der Waals surface area contributed by atoms with Gasteiger partial charge in [-0.15, -0.1) is 0 Å². The molecule has 3 rings (SSSR count). The van der Waals surface area contributed by atoms with E-state index in [-0.39, 0.29) is 13.8 Å². The van der Waals surface area contributed by atoms with Crippen LogP contribution in [0.25, 0.3) is 21.8 Å². The van der Waals surface area contributed by atoms with Gasteiger partial charge in [0.1, 0.15) is 0 Å². The highest BCUT2D eigenvalue weighted by Gasteiger charge is 2.18. The number of H-pyrrole nitrogens is 1. The second-order valence-corrected chi connectivity index (χ2v) is 5.65. The van der Waals surface area contributed by atoms with Gasteiger partial charge in [0.25, 0.3) is 0 Å². The van der Waals surface area contributed by atoms with Crippen LogP contribution < -0.4 is 0 Å². The molecule has 0 bridgehead atoms. The highest BCUT2D eigenvalue weighted by molar-refractivity contribution is 6.08. The summed E-state index contributed by atoms with van der Waals surface area (Å²) in [5.41, 5.74) is 4.05. The Labute approximate surface area is 110 Å². The van der Waals surface area contributed by atoms with E-state index >= 15 is 0 Å². The van der Waals surface area contributed by atoms with Gasteiger partial charge < -0.3 is 4.98 Å². The monoisotopic (exact) mass is 234 g/mol. The summed E-state index contributed by atoms with van der Waals surface area (Å²) in [5, 5.41) is 2.64. The van der Waals surface area contributed by atoms with Crippen LogP contribution in [0.1, 0.15) is 26.3 Å². The lowest BCUT2D eigenvalue weighted by atomic mass is 9.86. The van der Waals surface area contributed by atoms with Gasteiger partial charge in [-0.05, 0) is 17.0 Å². The summed E-state index contributed by atoms with van der Waals surface area (Å²) in [4.78, 5) is 3.55. The minimum atomic E-state index is 0. The van der Waals surface area contributed by atoms with Gasteiger partial charge in [-0.1, -0.05) is 57.2 Å². The number of para-hydroxylation sites is 2. The molecule has 89 valence electrons. The van der Waals surface area contributed by atoms with Crippen molar-refractivity contribution in [1.29, 1.82) is 0 Å². The van der Waals surface area contributed by atoms with E-state index in [0.717, 1.165) is 0 Å². The average molecular weight is 234 g/mol. The third-order valence-corrected chi connectivity index (χ3v) is 3.35. The summed E-state index contributed by atoms with van der Waals surface area (Å²) < 4.78 is 0. The van der Waals surface area contributed by atoms with Crippen LogP contribution in [-0.2, 0) is 5.41 Å². The Morgan fingerprint density at radius 2 is 1.50 bits per heavy atom. The van der Waals surface area contributed by atoms with Crippen LogP contribution in [0.2, 0.25) is 0 Å². The Hall–Kier alpha value is -1.70. The normalized spacial score (nSPS) is 11.7. The maximum atomic E-state index is 3.55. The highest BCUT2D eigenvalue weighted by Crippen LogP contribution is 2.33. The van der Waals surface area contributed by atoms with E-state index < -0.39 is 0 Å². The molecule has 3 radical (unpaired) electrons. The molecular formula is C16H17BN. The Balaban J connectivity index is 0.00000120. The van der Waals surface area contributed by atoms with Crippen LogP contribution in [0.3, 0.4) is 0 Å². The fourth-order valence-corrected chi connectivity index (χ4v) is 2.50. The first kappa shape index (κ1) is 12.8. The second-order valence-electron chi connectivity index (χ2n) is 5.65. The molecule has 18 heavy (non-hydrogen) atoms. The predicted molar refractivity (Wildman–Crippen MR) is 80.3 cm³/mol. The predicted octanol–water partition coefficient (Wildman–Crippen LogP) is 4.24. The maximum Gasteiger partial charge on any atom is 0.0502 e. The van der Waals surface area contributed by atoms with E-state index in [0.29, 0.717) is 0 Å². The van der Waals surface area contributed by atoms with Crippen LogP contribution in [0.5, 0.6) is 0 Å². The molecule has 1 nitrogen and oxygen atoms in total. The van der Waals surface area contributed by atoms with Crippen molar-refractivity contribution in [2.24, 2.45) is 0 Å². The Kier molecular flexibility index (Phi) is 2.98. The molecule has 1 N–H and O–H groups in total. The fraction of sp³-hybridized carbons (Fsp3) is 0.250. The molecule has 0 atom stereocenters. The standard InChI is InChI=1S/C16H17N.B/c1-16(2,3)13-9-6-8-12-11-7-4-5-10-14(11)17-15(12)13;/h4-10,17H,1-3H3;. The molecule has 2 aromatic carbocycles. The van der Waals surface area contributed by atoms with Gasteiger partial charge in [0.2, 0.25) is 0 Å². The van der Waals surface area contributed by atoms with Crippen molar-refractivity contribution >= 4 is 30.2 Å². The maximum absolute atomic E-state index is 3.55. The zero-order valence-electron chi connectivity index (χ0n) is 11.1. The summed E-state index contributed by atoms with van der Waals surface area (Å²) in [6.45, 7) is 6.77. The van der Waals surface area contributed by atoms with Crippen LogP contribution >= 0.6 is 0 Å². The third-order valence-electron chi connectivity index (χ3n) is 3.35. The lowest BCUT2D eigenvalue weighted by molar-refractivity contribution is 0.595. The quantitative estimate of drug-likeness (QED) is 0.560. The summed E-state index contributed by atoms with van der Waals surface area (Å²) in [6.07, 6.45) is 0. The molecule has 0 aliphatic carbocycles. The Morgan fingerprint density at radius 1 is 0.833 bits per heavy atom. The first-order valence-corrected chi connectivity index (χ1v) is 6.07. The van der Waals surface area contributed by atoms with Crippen molar-refractivity contribution in [3.8, 4) is 0 Å². The molecule has 0 amide bonds. The smallest absolute Gasteiger partial charge is 0.0502 e. The number of aromatic nitrogens is 1. The Bertz CT molecular complexity index is 689. The molecule has 0 unspecified atom stereocenters. The lowest BCUT2D eigenvalue weighted by Crippen LogP contribution is -2.11. The topological polar surface area (TPSA) is 15.8 Å². The van der Waals surface area contributed by atoms with Crippen molar-refractivity contribution in [1.82, 2.24) is 4.98 Å². The number of nitrogens with one attached hydrogen (secondary N) is 1. The fourth-order valence-electron chi connectivity index (χ4n) is 2.50. The van der Waals surface area contributed by atoms with Crippen molar-refractivity contribution in [3.05, 3.63) is 48.0 Å². The minimum Gasteiger partial charge on any atom is -0.354 e. The van der Waals surface area contributed by atoms with E-state index in [1.165, 1.54) is 27.4 Å². The first-order valence-electron chi connectivity index (χ1n) is 6.07. The molecule has 3 aromatic rings. The van der Waals surface area contributed by atoms with Crippen molar-refractivity contribution in [3.63, 3.8) is 0 Å². The van der Waals surface area contributed by atoms with Crippen molar-refractivity contribution < 1.29 is 0 Å². The molecule has 1 aromatic heterocycles. The largest absolute Gasteiger partial charge is 0.354 e. The number of benzene rings is 2. The number of aromatic amines is 1. The molecule has 0 fully saturated rings. The van der Waals surface area contributed by atoms with E-state index in [1.807, 2.05) is 0 Å². The summed E-state index contributed by atoms with van der Waals surface area (Å²) in [5.74, 6) is 0. The lowest BCUT2D eigenvalue weighted by Gasteiger charge is -2.19. The van der Waals surface area contributed by atoms with E-state index in [4.69, 9.17) is 0 Å². The zero-order valence-corrected chi connectivity index (χ0v) is 11.1. The zero-order chi connectivity index (χ0) is 12.0. The van der Waals surface area contributed by atoms with Crippen LogP contribution in [0.15, 0.2) is 42.5 Å². The molecule has 0 aliphatic heterocycles. The van der Waals surface area contributed by atoms with Gasteiger partial charge in [0.15, 0.2) is 0 Å². The minimum absolute atomic E-state index is 0.